The van der Waals surface area contributed by atoms with Crippen LogP contribution in [0.25, 0.3) is 0 Å². The minimum Gasteiger partial charge on any atom is -0.437 e. The highest BCUT2D eigenvalue weighted by molar-refractivity contribution is 6.29. The van der Waals surface area contributed by atoms with Crippen molar-refractivity contribution >= 4 is 11.6 Å². The molecule has 0 spiro atoms. The Hall–Kier alpha value is -2.12. The Bertz CT molecular complexity index is 516. The van der Waals surface area contributed by atoms with Crippen molar-refractivity contribution in [3.63, 3.8) is 0 Å². The smallest absolute Gasteiger partial charge is 0.219 e. The molecule has 5 heteroatoms. The van der Waals surface area contributed by atoms with E-state index in [1.807, 2.05) is 6.07 Å². The summed E-state index contributed by atoms with van der Waals surface area (Å²) in [6.45, 7) is 0. The number of hydrogen-bond acceptors (Lipinski definition) is 4. The van der Waals surface area contributed by atoms with Gasteiger partial charge in [-0.15, -0.1) is 0 Å². The Labute approximate surface area is 97.1 Å². The minimum absolute atomic E-state index is 0.403. The van der Waals surface area contributed by atoms with E-state index in [-0.39, 0.29) is 0 Å². The zero-order chi connectivity index (χ0) is 11.4. The van der Waals surface area contributed by atoms with Crippen LogP contribution >= 0.6 is 11.6 Å². The summed E-state index contributed by atoms with van der Waals surface area (Å²) in [5.41, 5.74) is 0.488. The molecular weight excluding hydrogens is 226 g/mol. The molecule has 2 aromatic heterocycles. The number of pyridine rings is 2. The van der Waals surface area contributed by atoms with Gasteiger partial charge in [0.1, 0.15) is 17.0 Å². The molecule has 0 radical (unpaired) electrons. The van der Waals surface area contributed by atoms with Gasteiger partial charge in [-0.25, -0.2) is 9.97 Å². The fourth-order valence-corrected chi connectivity index (χ4v) is 1.16. The quantitative estimate of drug-likeness (QED) is 0.746. The molecule has 0 amide bonds. The summed E-state index contributed by atoms with van der Waals surface area (Å²) in [5, 5.41) is 9.00. The van der Waals surface area contributed by atoms with Gasteiger partial charge in [-0.1, -0.05) is 11.6 Å². The lowest BCUT2D eigenvalue weighted by Crippen LogP contribution is -1.88. The molecule has 0 saturated carbocycles. The average molecular weight is 232 g/mol. The maximum Gasteiger partial charge on any atom is 0.219 e. The predicted molar refractivity (Wildman–Crippen MR) is 58.3 cm³/mol. The molecule has 0 bridgehead atoms. The number of rotatable bonds is 2. The molecule has 16 heavy (non-hydrogen) atoms. The predicted octanol–water partition coefficient (Wildman–Crippen LogP) is 2.79. The largest absolute Gasteiger partial charge is 0.437 e. The standard InChI is InChI=1S/C11H6ClN3O/c12-10-3-2-9(7-14-10)16-11-4-1-8(5-13)6-15-11/h1-4,6-7H. The van der Waals surface area contributed by atoms with Crippen LogP contribution in [0.5, 0.6) is 11.6 Å². The van der Waals surface area contributed by atoms with Crippen LogP contribution in [-0.4, -0.2) is 9.97 Å². The lowest BCUT2D eigenvalue weighted by atomic mass is 10.3. The molecule has 0 N–H and O–H groups in total. The van der Waals surface area contributed by atoms with Crippen molar-refractivity contribution in [1.82, 2.24) is 9.97 Å². The maximum absolute atomic E-state index is 8.59. The van der Waals surface area contributed by atoms with E-state index in [2.05, 4.69) is 9.97 Å². The second kappa shape index (κ2) is 4.60. The summed E-state index contributed by atoms with van der Waals surface area (Å²) < 4.78 is 5.39. The van der Waals surface area contributed by atoms with Crippen molar-refractivity contribution in [3.05, 3.63) is 47.4 Å². The van der Waals surface area contributed by atoms with E-state index in [9.17, 15) is 0 Å². The Balaban J connectivity index is 2.15. The second-order valence-corrected chi connectivity index (χ2v) is 3.30. The first-order chi connectivity index (χ1) is 7.78. The van der Waals surface area contributed by atoms with E-state index in [0.29, 0.717) is 22.3 Å². The third-order valence-corrected chi connectivity index (χ3v) is 2.01. The Kier molecular flexibility index (Phi) is 2.99. The van der Waals surface area contributed by atoms with Crippen LogP contribution in [0.3, 0.4) is 0 Å². The molecule has 78 valence electrons. The highest BCUT2D eigenvalue weighted by Crippen LogP contribution is 2.19. The topological polar surface area (TPSA) is 58.8 Å². The molecule has 0 unspecified atom stereocenters. The SMILES string of the molecule is N#Cc1ccc(Oc2ccc(Cl)nc2)nc1. The summed E-state index contributed by atoms with van der Waals surface area (Å²) in [5.74, 6) is 0.949. The van der Waals surface area contributed by atoms with Gasteiger partial charge in [0.2, 0.25) is 5.88 Å². The van der Waals surface area contributed by atoms with Crippen LogP contribution < -0.4 is 4.74 Å². The summed E-state index contributed by atoms with van der Waals surface area (Å²) in [4.78, 5) is 7.83. The van der Waals surface area contributed by atoms with Crippen LogP contribution in [0.2, 0.25) is 5.15 Å². The summed E-state index contributed by atoms with van der Waals surface area (Å²) in [7, 11) is 0. The van der Waals surface area contributed by atoms with Crippen LogP contribution in [0.4, 0.5) is 0 Å². The van der Waals surface area contributed by atoms with E-state index < -0.39 is 0 Å². The normalized spacial score (nSPS) is 9.50. The van der Waals surface area contributed by atoms with Crippen LogP contribution in [0, 0.1) is 11.3 Å². The molecule has 2 rings (SSSR count). The van der Waals surface area contributed by atoms with Gasteiger partial charge in [0.05, 0.1) is 11.8 Å². The zero-order valence-electron chi connectivity index (χ0n) is 8.09. The van der Waals surface area contributed by atoms with Gasteiger partial charge >= 0.3 is 0 Å². The molecule has 2 aromatic rings. The van der Waals surface area contributed by atoms with Crippen LogP contribution in [0.1, 0.15) is 5.56 Å². The van der Waals surface area contributed by atoms with Crippen LogP contribution in [0.15, 0.2) is 36.7 Å². The van der Waals surface area contributed by atoms with Gasteiger partial charge in [-0.3, -0.25) is 0 Å². The Morgan fingerprint density at radius 2 is 2.00 bits per heavy atom. The number of ether oxygens (including phenoxy) is 1. The summed E-state index contributed by atoms with van der Waals surface area (Å²) in [6.07, 6.45) is 2.95. The fourth-order valence-electron chi connectivity index (χ4n) is 1.05. The van der Waals surface area contributed by atoms with E-state index in [1.165, 1.54) is 12.4 Å². The number of aromatic nitrogens is 2. The van der Waals surface area contributed by atoms with E-state index in [4.69, 9.17) is 21.6 Å². The average Bonchev–Trinajstić information content (AvgIpc) is 2.33. The van der Waals surface area contributed by atoms with Crippen molar-refractivity contribution in [2.45, 2.75) is 0 Å². The number of hydrogen-bond donors (Lipinski definition) is 0. The highest BCUT2D eigenvalue weighted by Gasteiger charge is 1.99. The number of nitriles is 1. The molecule has 2 heterocycles. The number of nitrogens with zero attached hydrogens (tertiary/aromatic N) is 3. The highest BCUT2D eigenvalue weighted by atomic mass is 35.5. The maximum atomic E-state index is 8.59. The van der Waals surface area contributed by atoms with Gasteiger partial charge in [-0.2, -0.15) is 5.26 Å². The van der Waals surface area contributed by atoms with Gasteiger partial charge in [0.15, 0.2) is 0 Å². The van der Waals surface area contributed by atoms with Crippen molar-refractivity contribution in [2.75, 3.05) is 0 Å². The van der Waals surface area contributed by atoms with Gasteiger partial charge in [0, 0.05) is 12.3 Å². The minimum atomic E-state index is 0.403. The lowest BCUT2D eigenvalue weighted by Gasteiger charge is -2.03. The first kappa shape index (κ1) is 10.4. The molecule has 4 nitrogen and oxygen atoms in total. The van der Waals surface area contributed by atoms with Gasteiger partial charge in [-0.05, 0) is 18.2 Å². The fraction of sp³-hybridized carbons (Fsp3) is 0. The molecule has 0 aliphatic rings. The van der Waals surface area contributed by atoms with E-state index in [0.717, 1.165) is 0 Å². The molecule has 0 aliphatic carbocycles. The molecule has 0 aliphatic heterocycles. The second-order valence-electron chi connectivity index (χ2n) is 2.92. The van der Waals surface area contributed by atoms with E-state index >= 15 is 0 Å². The Morgan fingerprint density at radius 3 is 2.56 bits per heavy atom. The zero-order valence-corrected chi connectivity index (χ0v) is 8.85. The number of halogens is 1. The van der Waals surface area contributed by atoms with Gasteiger partial charge < -0.3 is 4.74 Å². The molecule has 0 fully saturated rings. The summed E-state index contributed by atoms with van der Waals surface area (Å²) >= 11 is 5.64. The third-order valence-electron chi connectivity index (χ3n) is 1.79. The molecular formula is C11H6ClN3O. The van der Waals surface area contributed by atoms with Crippen molar-refractivity contribution in [3.8, 4) is 17.7 Å². The monoisotopic (exact) mass is 231 g/mol. The van der Waals surface area contributed by atoms with Gasteiger partial charge in [0.25, 0.3) is 0 Å². The molecule has 0 aromatic carbocycles. The first-order valence-electron chi connectivity index (χ1n) is 4.43. The summed E-state index contributed by atoms with van der Waals surface area (Å²) in [6, 6.07) is 8.54. The van der Waals surface area contributed by atoms with Crippen molar-refractivity contribution < 1.29 is 4.74 Å². The van der Waals surface area contributed by atoms with Crippen molar-refractivity contribution in [1.29, 1.82) is 5.26 Å². The lowest BCUT2D eigenvalue weighted by molar-refractivity contribution is 0.460. The van der Waals surface area contributed by atoms with E-state index in [1.54, 1.807) is 24.3 Å². The molecule has 0 atom stereocenters. The third kappa shape index (κ3) is 2.47. The molecule has 0 saturated heterocycles. The van der Waals surface area contributed by atoms with Crippen LogP contribution in [-0.2, 0) is 0 Å². The Morgan fingerprint density at radius 1 is 1.12 bits per heavy atom. The first-order valence-corrected chi connectivity index (χ1v) is 4.81. The van der Waals surface area contributed by atoms with Crippen molar-refractivity contribution in [2.24, 2.45) is 0 Å².